The maximum atomic E-state index is 11.9. The van der Waals surface area contributed by atoms with Gasteiger partial charge in [-0.15, -0.1) is 0 Å². The van der Waals surface area contributed by atoms with Crippen molar-refractivity contribution >= 4 is 17.5 Å². The van der Waals surface area contributed by atoms with E-state index in [-0.39, 0.29) is 11.7 Å². The molecular formula is C17H26ClNO2. The Morgan fingerprint density at radius 2 is 1.71 bits per heavy atom. The van der Waals surface area contributed by atoms with Crippen molar-refractivity contribution in [2.75, 3.05) is 6.54 Å². The van der Waals surface area contributed by atoms with Crippen molar-refractivity contribution in [3.8, 4) is 5.75 Å². The first kappa shape index (κ1) is 17.8. The lowest BCUT2D eigenvalue weighted by molar-refractivity contribution is 0.0952. The standard InChI is InChI=1S/C17H26ClNO2/c1-2-3-4-5-6-7-8-9-12-19-17(21)15-13-14(20)10-11-16(15)18/h10-11,13,20H,2-9,12H2,1H3,(H,19,21). The Morgan fingerprint density at radius 3 is 2.38 bits per heavy atom. The lowest BCUT2D eigenvalue weighted by atomic mass is 10.1. The first-order chi connectivity index (χ1) is 10.1. The van der Waals surface area contributed by atoms with Gasteiger partial charge in [-0.25, -0.2) is 0 Å². The molecule has 0 saturated heterocycles. The average Bonchev–Trinajstić information content (AvgIpc) is 2.48. The monoisotopic (exact) mass is 311 g/mol. The predicted molar refractivity (Wildman–Crippen MR) is 88.1 cm³/mol. The minimum Gasteiger partial charge on any atom is -0.508 e. The van der Waals surface area contributed by atoms with E-state index in [4.69, 9.17) is 11.6 Å². The van der Waals surface area contributed by atoms with Gasteiger partial charge in [-0.1, -0.05) is 63.5 Å². The molecular weight excluding hydrogens is 286 g/mol. The van der Waals surface area contributed by atoms with Gasteiger partial charge in [0.15, 0.2) is 0 Å². The average molecular weight is 312 g/mol. The van der Waals surface area contributed by atoms with Gasteiger partial charge in [-0.3, -0.25) is 4.79 Å². The largest absolute Gasteiger partial charge is 0.508 e. The zero-order valence-corrected chi connectivity index (χ0v) is 13.6. The highest BCUT2D eigenvalue weighted by atomic mass is 35.5. The van der Waals surface area contributed by atoms with Crippen LogP contribution in [0, 0.1) is 0 Å². The Balaban J connectivity index is 2.12. The lowest BCUT2D eigenvalue weighted by Gasteiger charge is -2.07. The van der Waals surface area contributed by atoms with E-state index in [1.54, 1.807) is 0 Å². The summed E-state index contributed by atoms with van der Waals surface area (Å²) in [5.74, 6) is -0.171. The van der Waals surface area contributed by atoms with Gasteiger partial charge >= 0.3 is 0 Å². The van der Waals surface area contributed by atoms with Crippen LogP contribution < -0.4 is 5.32 Å². The fraction of sp³-hybridized carbons (Fsp3) is 0.588. The van der Waals surface area contributed by atoms with E-state index in [0.29, 0.717) is 17.1 Å². The number of aromatic hydroxyl groups is 1. The van der Waals surface area contributed by atoms with E-state index in [1.165, 1.54) is 56.7 Å². The van der Waals surface area contributed by atoms with Gasteiger partial charge in [0.1, 0.15) is 5.75 Å². The van der Waals surface area contributed by atoms with Crippen molar-refractivity contribution in [3.05, 3.63) is 28.8 Å². The number of nitrogens with one attached hydrogen (secondary N) is 1. The second-order valence-corrected chi connectivity index (χ2v) is 5.80. The Kier molecular flexibility index (Phi) is 8.91. The molecule has 2 N–H and O–H groups in total. The number of amides is 1. The molecule has 1 rings (SSSR count). The smallest absolute Gasteiger partial charge is 0.252 e. The second-order valence-electron chi connectivity index (χ2n) is 5.39. The summed E-state index contributed by atoms with van der Waals surface area (Å²) >= 11 is 5.94. The zero-order valence-electron chi connectivity index (χ0n) is 12.8. The van der Waals surface area contributed by atoms with Crippen molar-refractivity contribution in [1.82, 2.24) is 5.32 Å². The molecule has 0 aliphatic rings. The minimum atomic E-state index is -0.223. The Bertz CT molecular complexity index is 435. The van der Waals surface area contributed by atoms with Gasteiger partial charge in [0, 0.05) is 6.54 Å². The maximum absolute atomic E-state index is 11.9. The van der Waals surface area contributed by atoms with E-state index in [1.807, 2.05) is 0 Å². The van der Waals surface area contributed by atoms with Crippen LogP contribution in [0.5, 0.6) is 5.75 Å². The summed E-state index contributed by atoms with van der Waals surface area (Å²) in [6.45, 7) is 2.88. The summed E-state index contributed by atoms with van der Waals surface area (Å²) in [6, 6.07) is 4.39. The molecule has 0 aliphatic carbocycles. The molecule has 0 unspecified atom stereocenters. The highest BCUT2D eigenvalue weighted by Crippen LogP contribution is 2.20. The highest BCUT2D eigenvalue weighted by molar-refractivity contribution is 6.33. The van der Waals surface area contributed by atoms with E-state index < -0.39 is 0 Å². The van der Waals surface area contributed by atoms with Gasteiger partial charge < -0.3 is 10.4 Å². The number of hydrogen-bond donors (Lipinski definition) is 2. The fourth-order valence-electron chi connectivity index (χ4n) is 2.24. The Labute approximate surface area is 132 Å². The topological polar surface area (TPSA) is 49.3 Å². The molecule has 0 saturated carbocycles. The third-order valence-corrected chi connectivity index (χ3v) is 3.84. The highest BCUT2D eigenvalue weighted by Gasteiger charge is 2.10. The van der Waals surface area contributed by atoms with Crippen molar-refractivity contribution in [3.63, 3.8) is 0 Å². The predicted octanol–water partition coefficient (Wildman–Crippen LogP) is 4.92. The summed E-state index contributed by atoms with van der Waals surface area (Å²) in [7, 11) is 0. The van der Waals surface area contributed by atoms with Gasteiger partial charge in [0.2, 0.25) is 0 Å². The SMILES string of the molecule is CCCCCCCCCCNC(=O)c1cc(O)ccc1Cl. The molecule has 118 valence electrons. The summed E-state index contributed by atoms with van der Waals surface area (Å²) < 4.78 is 0. The van der Waals surface area contributed by atoms with E-state index in [9.17, 15) is 9.90 Å². The molecule has 0 aliphatic heterocycles. The molecule has 1 aromatic rings. The summed E-state index contributed by atoms with van der Waals surface area (Å²) in [5.41, 5.74) is 0.330. The van der Waals surface area contributed by atoms with Crippen LogP contribution in [-0.2, 0) is 0 Å². The second kappa shape index (κ2) is 10.5. The van der Waals surface area contributed by atoms with Crippen molar-refractivity contribution in [2.24, 2.45) is 0 Å². The molecule has 3 nitrogen and oxygen atoms in total. The van der Waals surface area contributed by atoms with Crippen LogP contribution in [0.25, 0.3) is 0 Å². The van der Waals surface area contributed by atoms with Gasteiger partial charge in [-0.05, 0) is 24.6 Å². The Hall–Kier alpha value is -1.22. The zero-order chi connectivity index (χ0) is 15.5. The molecule has 1 aromatic carbocycles. The number of rotatable bonds is 10. The third-order valence-electron chi connectivity index (χ3n) is 3.51. The fourth-order valence-corrected chi connectivity index (χ4v) is 2.45. The molecule has 21 heavy (non-hydrogen) atoms. The number of halogens is 1. The number of carbonyl (C=O) groups excluding carboxylic acids is 1. The van der Waals surface area contributed by atoms with Crippen LogP contribution in [-0.4, -0.2) is 17.6 Å². The number of benzene rings is 1. The van der Waals surface area contributed by atoms with Crippen molar-refractivity contribution in [1.29, 1.82) is 0 Å². The van der Waals surface area contributed by atoms with Crippen LogP contribution in [0.2, 0.25) is 5.02 Å². The van der Waals surface area contributed by atoms with E-state index in [2.05, 4.69) is 12.2 Å². The van der Waals surface area contributed by atoms with Crippen LogP contribution >= 0.6 is 11.6 Å². The molecule has 0 aromatic heterocycles. The molecule has 1 amide bonds. The minimum absolute atomic E-state index is 0.0524. The number of carbonyl (C=O) groups is 1. The van der Waals surface area contributed by atoms with Gasteiger partial charge in [-0.2, -0.15) is 0 Å². The quantitative estimate of drug-likeness (QED) is 0.603. The summed E-state index contributed by atoms with van der Waals surface area (Å²) in [5, 5.41) is 12.6. The van der Waals surface area contributed by atoms with Gasteiger partial charge in [0.05, 0.1) is 10.6 Å². The molecule has 4 heteroatoms. The van der Waals surface area contributed by atoms with Crippen LogP contribution in [0.15, 0.2) is 18.2 Å². The molecule has 0 radical (unpaired) electrons. The van der Waals surface area contributed by atoms with Crippen LogP contribution in [0.3, 0.4) is 0 Å². The number of unbranched alkanes of at least 4 members (excludes halogenated alkanes) is 7. The maximum Gasteiger partial charge on any atom is 0.252 e. The molecule has 0 fully saturated rings. The van der Waals surface area contributed by atoms with Crippen LogP contribution in [0.4, 0.5) is 0 Å². The molecule has 0 bridgehead atoms. The lowest BCUT2D eigenvalue weighted by Crippen LogP contribution is -2.24. The van der Waals surface area contributed by atoms with Crippen molar-refractivity contribution < 1.29 is 9.90 Å². The van der Waals surface area contributed by atoms with Gasteiger partial charge in [0.25, 0.3) is 5.91 Å². The molecule has 0 heterocycles. The third kappa shape index (κ3) is 7.37. The van der Waals surface area contributed by atoms with E-state index >= 15 is 0 Å². The first-order valence-electron chi connectivity index (χ1n) is 7.92. The van der Waals surface area contributed by atoms with Crippen LogP contribution in [0.1, 0.15) is 68.6 Å². The molecule has 0 spiro atoms. The van der Waals surface area contributed by atoms with Crippen molar-refractivity contribution in [2.45, 2.75) is 58.3 Å². The summed E-state index contributed by atoms with van der Waals surface area (Å²) in [4.78, 5) is 11.9. The summed E-state index contributed by atoms with van der Waals surface area (Å²) in [6.07, 6.45) is 9.90. The normalized spacial score (nSPS) is 10.6. The van der Waals surface area contributed by atoms with E-state index in [0.717, 1.165) is 12.8 Å². The Morgan fingerprint density at radius 1 is 1.10 bits per heavy atom. The number of phenolic OH excluding ortho intramolecular Hbond substituents is 1. The number of hydrogen-bond acceptors (Lipinski definition) is 2. The number of phenols is 1. The molecule has 0 atom stereocenters. The first-order valence-corrected chi connectivity index (χ1v) is 8.29.